The zero-order valence-electron chi connectivity index (χ0n) is 10.1. The maximum atomic E-state index is 12.4. The Morgan fingerprint density at radius 3 is 2.00 bits per heavy atom. The molecular weight excluding hydrogens is 211 g/mol. The Hall–Kier alpha value is -0.110. The molecule has 0 aliphatic heterocycles. The molecule has 88 valence electrons. The number of hydrogen-bond acceptors (Lipinski definition) is 3. The molecule has 1 aliphatic carbocycles. The molecule has 1 aliphatic rings. The summed E-state index contributed by atoms with van der Waals surface area (Å²) >= 11 is 0. The van der Waals surface area contributed by atoms with Gasteiger partial charge in [0.2, 0.25) is 0 Å². The van der Waals surface area contributed by atoms with E-state index in [0.29, 0.717) is 0 Å². The van der Waals surface area contributed by atoms with E-state index in [9.17, 15) is 4.57 Å². The van der Waals surface area contributed by atoms with Gasteiger partial charge in [-0.3, -0.25) is 4.57 Å². The molecule has 0 N–H and O–H groups in total. The standard InChI is InChI=1S/C11H21O3P/c1-9(2)11(10-7-5-6-8-10)15(12,13-3)14-4/h9H,5-8H2,1-4H3. The second-order valence-electron chi connectivity index (χ2n) is 4.21. The summed E-state index contributed by atoms with van der Waals surface area (Å²) in [4.78, 5) is 0. The molecule has 0 bridgehead atoms. The molecule has 1 fully saturated rings. The third-order valence-electron chi connectivity index (χ3n) is 2.89. The van der Waals surface area contributed by atoms with Crippen LogP contribution >= 0.6 is 7.60 Å². The van der Waals surface area contributed by atoms with Crippen LogP contribution in [0.1, 0.15) is 39.5 Å². The zero-order valence-corrected chi connectivity index (χ0v) is 11.0. The van der Waals surface area contributed by atoms with Gasteiger partial charge in [-0.2, -0.15) is 0 Å². The second kappa shape index (κ2) is 5.29. The summed E-state index contributed by atoms with van der Waals surface area (Å²) in [5.41, 5.74) is 1.29. The average molecular weight is 232 g/mol. The van der Waals surface area contributed by atoms with Crippen molar-refractivity contribution in [3.63, 3.8) is 0 Å². The highest BCUT2D eigenvalue weighted by molar-refractivity contribution is 7.58. The van der Waals surface area contributed by atoms with Crippen LogP contribution in [0.5, 0.6) is 0 Å². The van der Waals surface area contributed by atoms with Crippen molar-refractivity contribution in [2.75, 3.05) is 14.2 Å². The molecule has 4 heteroatoms. The Kier molecular flexibility index (Phi) is 4.57. The fraction of sp³-hybridized carbons (Fsp3) is 0.818. The Labute approximate surface area is 92.4 Å². The molecule has 3 nitrogen and oxygen atoms in total. The van der Waals surface area contributed by atoms with Crippen LogP contribution in [0.25, 0.3) is 0 Å². The van der Waals surface area contributed by atoms with Crippen LogP contribution < -0.4 is 0 Å². The molecule has 0 radical (unpaired) electrons. The Balaban J connectivity index is 3.12. The fourth-order valence-corrected chi connectivity index (χ4v) is 4.03. The molecule has 0 heterocycles. The first-order chi connectivity index (χ1) is 7.05. The maximum Gasteiger partial charge on any atom is 0.357 e. The first-order valence-electron chi connectivity index (χ1n) is 5.49. The Morgan fingerprint density at radius 1 is 1.20 bits per heavy atom. The summed E-state index contributed by atoms with van der Waals surface area (Å²) in [6.07, 6.45) is 4.48. The van der Waals surface area contributed by atoms with Crippen molar-refractivity contribution in [1.82, 2.24) is 0 Å². The van der Waals surface area contributed by atoms with E-state index in [1.807, 2.05) is 13.8 Å². The van der Waals surface area contributed by atoms with E-state index in [1.54, 1.807) is 0 Å². The van der Waals surface area contributed by atoms with Crippen molar-refractivity contribution in [3.8, 4) is 0 Å². The fourth-order valence-electron chi connectivity index (χ4n) is 2.25. The van der Waals surface area contributed by atoms with E-state index in [4.69, 9.17) is 9.05 Å². The highest BCUT2D eigenvalue weighted by Crippen LogP contribution is 2.60. The molecular formula is C11H21O3P. The molecule has 0 amide bonds. The van der Waals surface area contributed by atoms with E-state index < -0.39 is 7.60 Å². The molecule has 15 heavy (non-hydrogen) atoms. The minimum absolute atomic E-state index is 0.226. The van der Waals surface area contributed by atoms with Gasteiger partial charge in [0.25, 0.3) is 0 Å². The van der Waals surface area contributed by atoms with E-state index >= 15 is 0 Å². The predicted octanol–water partition coefficient (Wildman–Crippen LogP) is 3.96. The first-order valence-corrected chi connectivity index (χ1v) is 7.03. The molecule has 0 atom stereocenters. The van der Waals surface area contributed by atoms with Crippen molar-refractivity contribution in [2.24, 2.45) is 5.92 Å². The quantitative estimate of drug-likeness (QED) is 0.688. The van der Waals surface area contributed by atoms with Gasteiger partial charge >= 0.3 is 7.60 Å². The average Bonchev–Trinajstić information content (AvgIpc) is 2.70. The summed E-state index contributed by atoms with van der Waals surface area (Å²) in [6, 6.07) is 0. The van der Waals surface area contributed by atoms with Gasteiger partial charge in [0.1, 0.15) is 0 Å². The third kappa shape index (κ3) is 2.72. The van der Waals surface area contributed by atoms with Gasteiger partial charge in [-0.25, -0.2) is 0 Å². The van der Waals surface area contributed by atoms with Crippen molar-refractivity contribution in [3.05, 3.63) is 10.9 Å². The normalized spacial score (nSPS) is 17.5. The third-order valence-corrected chi connectivity index (χ3v) is 5.28. The zero-order chi connectivity index (χ0) is 11.5. The van der Waals surface area contributed by atoms with Crippen LogP contribution in [0.2, 0.25) is 0 Å². The van der Waals surface area contributed by atoms with Gasteiger partial charge in [-0.1, -0.05) is 19.4 Å². The summed E-state index contributed by atoms with van der Waals surface area (Å²) in [7, 11) is -0.0960. The van der Waals surface area contributed by atoms with E-state index in [-0.39, 0.29) is 5.92 Å². The van der Waals surface area contributed by atoms with Crippen LogP contribution in [-0.4, -0.2) is 14.2 Å². The number of rotatable bonds is 4. The van der Waals surface area contributed by atoms with Gasteiger partial charge in [0.15, 0.2) is 0 Å². The van der Waals surface area contributed by atoms with E-state index in [0.717, 1.165) is 18.2 Å². The monoisotopic (exact) mass is 232 g/mol. The predicted molar refractivity (Wildman–Crippen MR) is 62.0 cm³/mol. The first kappa shape index (κ1) is 13.0. The van der Waals surface area contributed by atoms with Gasteiger partial charge in [-0.15, -0.1) is 0 Å². The minimum atomic E-state index is -3.02. The van der Waals surface area contributed by atoms with Crippen LogP contribution in [0.4, 0.5) is 0 Å². The lowest BCUT2D eigenvalue weighted by Crippen LogP contribution is -2.03. The molecule has 0 aromatic carbocycles. The molecule has 1 rings (SSSR count). The van der Waals surface area contributed by atoms with Crippen LogP contribution in [0.3, 0.4) is 0 Å². The molecule has 0 spiro atoms. The molecule has 0 saturated heterocycles. The van der Waals surface area contributed by atoms with E-state index in [2.05, 4.69) is 0 Å². The maximum absolute atomic E-state index is 12.4. The Morgan fingerprint density at radius 2 is 1.67 bits per heavy atom. The lowest BCUT2D eigenvalue weighted by Gasteiger charge is -2.22. The smallest absolute Gasteiger partial charge is 0.309 e. The topological polar surface area (TPSA) is 35.5 Å². The van der Waals surface area contributed by atoms with Crippen LogP contribution in [-0.2, 0) is 13.6 Å². The molecule has 1 saturated carbocycles. The van der Waals surface area contributed by atoms with Crippen molar-refractivity contribution in [2.45, 2.75) is 39.5 Å². The highest BCUT2D eigenvalue weighted by Gasteiger charge is 2.33. The van der Waals surface area contributed by atoms with Gasteiger partial charge in [0, 0.05) is 19.5 Å². The molecule has 0 aromatic heterocycles. The van der Waals surface area contributed by atoms with Crippen molar-refractivity contribution >= 4 is 7.60 Å². The van der Waals surface area contributed by atoms with E-state index in [1.165, 1.54) is 32.6 Å². The van der Waals surface area contributed by atoms with Gasteiger partial charge in [0.05, 0.1) is 0 Å². The summed E-state index contributed by atoms with van der Waals surface area (Å²) in [5, 5.41) is 0.907. The van der Waals surface area contributed by atoms with Crippen LogP contribution in [0.15, 0.2) is 10.9 Å². The molecule has 0 unspecified atom stereocenters. The van der Waals surface area contributed by atoms with Crippen LogP contribution in [0, 0.1) is 5.92 Å². The summed E-state index contributed by atoms with van der Waals surface area (Å²) < 4.78 is 22.6. The second-order valence-corrected chi connectivity index (χ2v) is 6.42. The summed E-state index contributed by atoms with van der Waals surface area (Å²) in [5.74, 6) is 0.226. The lowest BCUT2D eigenvalue weighted by molar-refractivity contribution is 0.279. The SMILES string of the molecule is COP(=O)(OC)C(=C1CCCC1)C(C)C. The van der Waals surface area contributed by atoms with Gasteiger partial charge in [-0.05, 0) is 31.6 Å². The molecule has 0 aromatic rings. The largest absolute Gasteiger partial charge is 0.357 e. The summed E-state index contributed by atoms with van der Waals surface area (Å²) in [6.45, 7) is 4.09. The van der Waals surface area contributed by atoms with Crippen molar-refractivity contribution < 1.29 is 13.6 Å². The Bertz CT molecular complexity index is 278. The lowest BCUT2D eigenvalue weighted by atomic mass is 10.1. The highest BCUT2D eigenvalue weighted by atomic mass is 31.2. The van der Waals surface area contributed by atoms with Crippen molar-refractivity contribution in [1.29, 1.82) is 0 Å². The van der Waals surface area contributed by atoms with Gasteiger partial charge < -0.3 is 9.05 Å². The minimum Gasteiger partial charge on any atom is -0.309 e. The number of allylic oxidation sites excluding steroid dienone is 2. The number of hydrogen-bond donors (Lipinski definition) is 0.